The van der Waals surface area contributed by atoms with E-state index in [-0.39, 0.29) is 5.92 Å². The van der Waals surface area contributed by atoms with Crippen molar-refractivity contribution in [1.29, 1.82) is 0 Å². The zero-order valence-corrected chi connectivity index (χ0v) is 10.6. The molecule has 1 saturated heterocycles. The van der Waals surface area contributed by atoms with Crippen molar-refractivity contribution in [3.05, 3.63) is 0 Å². The van der Waals surface area contributed by atoms with Gasteiger partial charge in [0.05, 0.1) is 0 Å². The van der Waals surface area contributed by atoms with Crippen molar-refractivity contribution < 1.29 is 4.79 Å². The van der Waals surface area contributed by atoms with Crippen molar-refractivity contribution in [3.63, 3.8) is 0 Å². The summed E-state index contributed by atoms with van der Waals surface area (Å²) in [5, 5.41) is 0. The second-order valence-electron chi connectivity index (χ2n) is 4.44. The summed E-state index contributed by atoms with van der Waals surface area (Å²) >= 11 is 0. The molecule has 1 aliphatic heterocycles. The van der Waals surface area contributed by atoms with Crippen LogP contribution in [0.5, 0.6) is 0 Å². The van der Waals surface area contributed by atoms with E-state index in [1.165, 1.54) is 0 Å². The van der Waals surface area contributed by atoms with E-state index in [1.807, 2.05) is 4.90 Å². The number of amides is 1. The van der Waals surface area contributed by atoms with Gasteiger partial charge in [-0.2, -0.15) is 0 Å². The van der Waals surface area contributed by atoms with Crippen molar-refractivity contribution in [2.24, 2.45) is 11.7 Å². The number of piperazine rings is 1. The van der Waals surface area contributed by atoms with Crippen molar-refractivity contribution in [2.75, 3.05) is 39.3 Å². The van der Waals surface area contributed by atoms with Crippen LogP contribution in [0.4, 0.5) is 0 Å². The predicted octanol–water partition coefficient (Wildman–Crippen LogP) is 0.526. The Morgan fingerprint density at radius 1 is 1.25 bits per heavy atom. The fraction of sp³-hybridized carbons (Fsp3) is 0.917. The van der Waals surface area contributed by atoms with Gasteiger partial charge in [-0.05, 0) is 25.9 Å². The molecule has 1 aliphatic rings. The summed E-state index contributed by atoms with van der Waals surface area (Å²) in [5.41, 5.74) is 5.54. The smallest absolute Gasteiger partial charge is 0.225 e. The maximum atomic E-state index is 12.2. The summed E-state index contributed by atoms with van der Waals surface area (Å²) in [6, 6.07) is 0. The largest absolute Gasteiger partial charge is 0.340 e. The van der Waals surface area contributed by atoms with Crippen molar-refractivity contribution in [1.82, 2.24) is 9.80 Å². The number of nitrogens with two attached hydrogens (primary N) is 1. The number of carbonyl (C=O) groups excluding carboxylic acids is 1. The van der Waals surface area contributed by atoms with Gasteiger partial charge in [0.2, 0.25) is 5.91 Å². The Morgan fingerprint density at radius 2 is 1.88 bits per heavy atom. The van der Waals surface area contributed by atoms with Gasteiger partial charge in [-0.25, -0.2) is 0 Å². The van der Waals surface area contributed by atoms with Crippen molar-refractivity contribution >= 4 is 5.91 Å². The molecule has 0 aromatic heterocycles. The standard InChI is InChI=1S/C12H25N3O/c1-3-11(5-6-13)12(16)15-9-7-14(4-2)8-10-15/h11H,3-10,13H2,1-2H3. The third-order valence-electron chi connectivity index (χ3n) is 3.49. The first-order valence-electron chi connectivity index (χ1n) is 6.44. The molecule has 1 atom stereocenters. The molecule has 0 aromatic carbocycles. The summed E-state index contributed by atoms with van der Waals surface area (Å²) in [5.74, 6) is 0.446. The summed E-state index contributed by atoms with van der Waals surface area (Å²) in [4.78, 5) is 16.6. The van der Waals surface area contributed by atoms with Crippen LogP contribution in [-0.4, -0.2) is 55.0 Å². The Morgan fingerprint density at radius 3 is 2.31 bits per heavy atom. The second-order valence-corrected chi connectivity index (χ2v) is 4.44. The highest BCUT2D eigenvalue weighted by Gasteiger charge is 2.25. The molecule has 1 amide bonds. The van der Waals surface area contributed by atoms with Crippen LogP contribution in [0.3, 0.4) is 0 Å². The van der Waals surface area contributed by atoms with Crippen LogP contribution in [0, 0.1) is 5.92 Å². The summed E-state index contributed by atoms with van der Waals surface area (Å²) in [6.07, 6.45) is 1.73. The molecular weight excluding hydrogens is 202 g/mol. The number of hydrogen-bond acceptors (Lipinski definition) is 3. The van der Waals surface area contributed by atoms with E-state index in [1.54, 1.807) is 0 Å². The molecule has 1 fully saturated rings. The molecule has 0 radical (unpaired) electrons. The first-order valence-corrected chi connectivity index (χ1v) is 6.44. The predicted molar refractivity (Wildman–Crippen MR) is 66.1 cm³/mol. The second kappa shape index (κ2) is 6.86. The zero-order chi connectivity index (χ0) is 12.0. The monoisotopic (exact) mass is 227 g/mol. The molecular formula is C12H25N3O. The average Bonchev–Trinajstić information content (AvgIpc) is 2.35. The van der Waals surface area contributed by atoms with Gasteiger partial charge in [0.25, 0.3) is 0 Å². The maximum absolute atomic E-state index is 12.2. The zero-order valence-electron chi connectivity index (χ0n) is 10.6. The number of nitrogens with zero attached hydrogens (tertiary/aromatic N) is 2. The Bertz CT molecular complexity index is 212. The molecule has 4 nitrogen and oxygen atoms in total. The molecule has 4 heteroatoms. The molecule has 0 aliphatic carbocycles. The first-order chi connectivity index (χ1) is 7.72. The van der Waals surface area contributed by atoms with Crippen LogP contribution in [0.1, 0.15) is 26.7 Å². The molecule has 0 spiro atoms. The maximum Gasteiger partial charge on any atom is 0.225 e. The van der Waals surface area contributed by atoms with Crippen LogP contribution in [0.25, 0.3) is 0 Å². The lowest BCUT2D eigenvalue weighted by atomic mass is 10.0. The Balaban J connectivity index is 2.42. The van der Waals surface area contributed by atoms with Gasteiger partial charge in [0.15, 0.2) is 0 Å². The van der Waals surface area contributed by atoms with Crippen LogP contribution in [0.15, 0.2) is 0 Å². The van der Waals surface area contributed by atoms with Crippen molar-refractivity contribution in [2.45, 2.75) is 26.7 Å². The van der Waals surface area contributed by atoms with Gasteiger partial charge in [-0.1, -0.05) is 13.8 Å². The minimum Gasteiger partial charge on any atom is -0.340 e. The fourth-order valence-corrected chi connectivity index (χ4v) is 2.25. The van der Waals surface area contributed by atoms with Crippen LogP contribution in [-0.2, 0) is 4.79 Å². The van der Waals surface area contributed by atoms with Crippen LogP contribution >= 0.6 is 0 Å². The SMILES string of the molecule is CCC(CCN)C(=O)N1CCN(CC)CC1. The summed E-state index contributed by atoms with van der Waals surface area (Å²) in [6.45, 7) is 9.73. The van der Waals surface area contributed by atoms with Gasteiger partial charge in [0.1, 0.15) is 0 Å². The van der Waals surface area contributed by atoms with Gasteiger partial charge >= 0.3 is 0 Å². The number of rotatable bonds is 5. The normalized spacial score (nSPS) is 19.8. The Hall–Kier alpha value is -0.610. The summed E-state index contributed by atoms with van der Waals surface area (Å²) in [7, 11) is 0. The highest BCUT2D eigenvalue weighted by molar-refractivity contribution is 5.78. The highest BCUT2D eigenvalue weighted by Crippen LogP contribution is 2.13. The molecule has 1 unspecified atom stereocenters. The lowest BCUT2D eigenvalue weighted by Gasteiger charge is -2.35. The molecule has 0 aromatic rings. The topological polar surface area (TPSA) is 49.6 Å². The quantitative estimate of drug-likeness (QED) is 0.745. The minimum absolute atomic E-state index is 0.137. The molecule has 1 rings (SSSR count). The number of carbonyl (C=O) groups is 1. The third kappa shape index (κ3) is 3.46. The molecule has 0 bridgehead atoms. The Kier molecular flexibility index (Phi) is 5.77. The van der Waals surface area contributed by atoms with Gasteiger partial charge in [0, 0.05) is 32.1 Å². The summed E-state index contributed by atoms with van der Waals surface area (Å²) < 4.78 is 0. The van der Waals surface area contributed by atoms with Crippen LogP contribution in [0.2, 0.25) is 0 Å². The van der Waals surface area contributed by atoms with Gasteiger partial charge < -0.3 is 15.5 Å². The van der Waals surface area contributed by atoms with Crippen LogP contribution < -0.4 is 5.73 Å². The number of hydrogen-bond donors (Lipinski definition) is 1. The third-order valence-corrected chi connectivity index (χ3v) is 3.49. The van der Waals surface area contributed by atoms with Gasteiger partial charge in [-0.15, -0.1) is 0 Å². The molecule has 94 valence electrons. The van der Waals surface area contributed by atoms with E-state index in [4.69, 9.17) is 5.73 Å². The lowest BCUT2D eigenvalue weighted by Crippen LogP contribution is -2.50. The fourth-order valence-electron chi connectivity index (χ4n) is 2.25. The van der Waals surface area contributed by atoms with E-state index in [2.05, 4.69) is 18.7 Å². The van der Waals surface area contributed by atoms with E-state index in [0.717, 1.165) is 45.6 Å². The van der Waals surface area contributed by atoms with E-state index in [0.29, 0.717) is 12.5 Å². The molecule has 2 N–H and O–H groups in total. The molecule has 16 heavy (non-hydrogen) atoms. The minimum atomic E-state index is 0.137. The molecule has 1 heterocycles. The molecule has 0 saturated carbocycles. The number of likely N-dealkylation sites (N-methyl/N-ethyl adjacent to an activating group) is 1. The van der Waals surface area contributed by atoms with E-state index in [9.17, 15) is 4.79 Å². The lowest BCUT2D eigenvalue weighted by molar-refractivity contribution is -0.137. The Labute approximate surface area is 98.8 Å². The van der Waals surface area contributed by atoms with Gasteiger partial charge in [-0.3, -0.25) is 4.79 Å². The first kappa shape index (κ1) is 13.5. The average molecular weight is 227 g/mol. The van der Waals surface area contributed by atoms with E-state index >= 15 is 0 Å². The highest BCUT2D eigenvalue weighted by atomic mass is 16.2. The van der Waals surface area contributed by atoms with E-state index < -0.39 is 0 Å². The van der Waals surface area contributed by atoms with Crippen molar-refractivity contribution in [3.8, 4) is 0 Å².